The lowest BCUT2D eigenvalue weighted by Crippen LogP contribution is -2.25. The van der Waals surface area contributed by atoms with E-state index in [9.17, 15) is 9.59 Å². The highest BCUT2D eigenvalue weighted by atomic mass is 16.5. The number of nitrogens with two attached hydrogens (primary N) is 1. The van der Waals surface area contributed by atoms with Gasteiger partial charge in [-0.3, -0.25) is 10.1 Å². The van der Waals surface area contributed by atoms with Crippen molar-refractivity contribution in [3.8, 4) is 11.4 Å². The van der Waals surface area contributed by atoms with Gasteiger partial charge in [0, 0.05) is 28.5 Å². The number of anilines is 3. The standard InChI is InChI=1S/C34H37N7O3.CH5N/c1-22-10-12-24(13-11-22)41-31(19-29(40-41)34(2,3)4)39-33(43)37-27-14-15-28(26-9-7-6-8-25(26)27)44-21-23-16-17-36-30(18-23)38-32(42)20-35-5;1-2/h6-19,35H,20-21H2,1-5H3,(H,36,38,42)(H2,37,39,43);2H2,1H3. The summed E-state index contributed by atoms with van der Waals surface area (Å²) in [6.45, 7) is 8.76. The van der Waals surface area contributed by atoms with Crippen molar-refractivity contribution in [1.29, 1.82) is 0 Å². The van der Waals surface area contributed by atoms with Crippen molar-refractivity contribution in [3.05, 3.63) is 102 Å². The Morgan fingerprint density at radius 1 is 0.891 bits per heavy atom. The molecule has 11 heteroatoms. The third kappa shape index (κ3) is 8.46. The third-order valence-corrected chi connectivity index (χ3v) is 6.95. The number of nitrogens with zero attached hydrogens (tertiary/aromatic N) is 3. The molecule has 3 aromatic carbocycles. The lowest BCUT2D eigenvalue weighted by atomic mass is 9.92. The molecule has 0 fully saturated rings. The van der Waals surface area contributed by atoms with Crippen LogP contribution in [0.25, 0.3) is 16.5 Å². The number of fused-ring (bicyclic) bond motifs is 1. The minimum absolute atomic E-state index is 0.176. The molecule has 6 N–H and O–H groups in total. The summed E-state index contributed by atoms with van der Waals surface area (Å²) in [7, 11) is 3.21. The van der Waals surface area contributed by atoms with Crippen molar-refractivity contribution in [2.45, 2.75) is 39.7 Å². The molecule has 3 amide bonds. The van der Waals surface area contributed by atoms with Crippen molar-refractivity contribution < 1.29 is 14.3 Å². The SMILES string of the molecule is CN.CNCC(=O)Nc1cc(COc2ccc(NC(=O)Nc3cc(C(C)(C)C)nn3-c3ccc(C)cc3)c3ccccc23)ccn1. The Morgan fingerprint density at radius 2 is 1.61 bits per heavy atom. The monoisotopic (exact) mass is 622 g/mol. The van der Waals surface area contributed by atoms with Crippen LogP contribution in [0.5, 0.6) is 5.75 Å². The largest absolute Gasteiger partial charge is 0.488 e. The first-order chi connectivity index (χ1) is 22.1. The molecule has 0 aliphatic rings. The molecular formula is C35H42N8O3. The first-order valence-corrected chi connectivity index (χ1v) is 15.0. The topological polar surface area (TPSA) is 148 Å². The Kier molecular flexibility index (Phi) is 11.1. The first kappa shape index (κ1) is 33.6. The third-order valence-electron chi connectivity index (χ3n) is 6.95. The number of rotatable bonds is 9. The number of carbonyl (C=O) groups excluding carboxylic acids is 2. The van der Waals surface area contributed by atoms with Gasteiger partial charge in [-0.05, 0) is 63.0 Å². The number of pyridine rings is 1. The minimum atomic E-state index is -0.387. The number of ether oxygens (including phenoxy) is 1. The summed E-state index contributed by atoms with van der Waals surface area (Å²) in [4.78, 5) is 29.5. The van der Waals surface area contributed by atoms with Crippen LogP contribution in [0.15, 0.2) is 85.1 Å². The summed E-state index contributed by atoms with van der Waals surface area (Å²) in [5.41, 5.74) is 8.65. The van der Waals surface area contributed by atoms with Gasteiger partial charge < -0.3 is 26.4 Å². The van der Waals surface area contributed by atoms with Crippen molar-refractivity contribution in [3.63, 3.8) is 0 Å². The van der Waals surface area contributed by atoms with Gasteiger partial charge in [-0.15, -0.1) is 0 Å². The van der Waals surface area contributed by atoms with Crippen LogP contribution in [0.2, 0.25) is 0 Å². The van der Waals surface area contributed by atoms with Crippen LogP contribution >= 0.6 is 0 Å². The number of urea groups is 1. The molecule has 46 heavy (non-hydrogen) atoms. The fourth-order valence-electron chi connectivity index (χ4n) is 4.64. The number of benzene rings is 3. The smallest absolute Gasteiger partial charge is 0.324 e. The molecule has 0 aliphatic carbocycles. The fraction of sp³-hybridized carbons (Fsp3) is 0.257. The van der Waals surface area contributed by atoms with Crippen LogP contribution in [0.3, 0.4) is 0 Å². The van der Waals surface area contributed by atoms with E-state index in [4.69, 9.17) is 9.84 Å². The summed E-state index contributed by atoms with van der Waals surface area (Å²) in [5, 5.41) is 18.1. The number of aromatic nitrogens is 3. The Bertz CT molecular complexity index is 1790. The van der Waals surface area contributed by atoms with E-state index in [1.807, 2.05) is 79.7 Å². The van der Waals surface area contributed by atoms with E-state index in [-0.39, 0.29) is 30.5 Å². The Balaban J connectivity index is 0.00000235. The van der Waals surface area contributed by atoms with E-state index in [2.05, 4.69) is 52.8 Å². The van der Waals surface area contributed by atoms with Crippen LogP contribution in [-0.4, -0.2) is 47.3 Å². The zero-order valence-corrected chi connectivity index (χ0v) is 27.1. The molecular weight excluding hydrogens is 580 g/mol. The van der Waals surface area contributed by atoms with Gasteiger partial charge in [0.2, 0.25) is 5.91 Å². The Morgan fingerprint density at radius 3 is 2.30 bits per heavy atom. The molecule has 0 saturated heterocycles. The number of amides is 3. The van der Waals surface area contributed by atoms with E-state index in [0.29, 0.717) is 23.1 Å². The van der Waals surface area contributed by atoms with Gasteiger partial charge in [0.1, 0.15) is 24.0 Å². The summed E-state index contributed by atoms with van der Waals surface area (Å²) in [6, 6.07) is 24.5. The van der Waals surface area contributed by atoms with Crippen LogP contribution in [0, 0.1) is 6.92 Å². The fourth-order valence-corrected chi connectivity index (χ4v) is 4.64. The number of aryl methyl sites for hydroxylation is 1. The van der Waals surface area contributed by atoms with E-state index >= 15 is 0 Å². The normalized spacial score (nSPS) is 10.9. The van der Waals surface area contributed by atoms with Gasteiger partial charge in [0.15, 0.2) is 0 Å². The summed E-state index contributed by atoms with van der Waals surface area (Å²) in [5.74, 6) is 1.52. The predicted octanol–water partition coefficient (Wildman–Crippen LogP) is 5.98. The highest BCUT2D eigenvalue weighted by Gasteiger charge is 2.22. The quantitative estimate of drug-likeness (QED) is 0.136. The first-order valence-electron chi connectivity index (χ1n) is 15.0. The van der Waals surface area contributed by atoms with Gasteiger partial charge in [-0.2, -0.15) is 5.10 Å². The second-order valence-corrected chi connectivity index (χ2v) is 11.6. The molecule has 0 saturated carbocycles. The second kappa shape index (κ2) is 15.2. The lowest BCUT2D eigenvalue weighted by molar-refractivity contribution is -0.115. The van der Waals surface area contributed by atoms with Crippen LogP contribution < -0.4 is 31.7 Å². The molecule has 240 valence electrons. The van der Waals surface area contributed by atoms with Crippen LogP contribution in [-0.2, 0) is 16.8 Å². The second-order valence-electron chi connectivity index (χ2n) is 11.6. The maximum Gasteiger partial charge on any atom is 0.324 e. The maximum absolute atomic E-state index is 13.3. The van der Waals surface area contributed by atoms with Gasteiger partial charge in [0.25, 0.3) is 0 Å². The average Bonchev–Trinajstić information content (AvgIpc) is 3.46. The van der Waals surface area contributed by atoms with E-state index in [0.717, 1.165) is 33.3 Å². The highest BCUT2D eigenvalue weighted by molar-refractivity contribution is 6.07. The molecule has 0 spiro atoms. The molecule has 2 heterocycles. The van der Waals surface area contributed by atoms with Gasteiger partial charge in [-0.1, -0.05) is 62.7 Å². The summed E-state index contributed by atoms with van der Waals surface area (Å²) < 4.78 is 7.94. The van der Waals surface area contributed by atoms with Crippen molar-refractivity contribution >= 4 is 40.0 Å². The molecule has 11 nitrogen and oxygen atoms in total. The zero-order chi connectivity index (χ0) is 33.3. The highest BCUT2D eigenvalue weighted by Crippen LogP contribution is 2.33. The average molecular weight is 623 g/mol. The van der Waals surface area contributed by atoms with Crippen molar-refractivity contribution in [1.82, 2.24) is 20.1 Å². The summed E-state index contributed by atoms with van der Waals surface area (Å²) in [6.07, 6.45) is 1.63. The molecule has 0 radical (unpaired) electrons. The number of hydrogen-bond acceptors (Lipinski definition) is 7. The molecule has 0 aliphatic heterocycles. The van der Waals surface area contributed by atoms with Crippen LogP contribution in [0.1, 0.15) is 37.6 Å². The van der Waals surface area contributed by atoms with Crippen molar-refractivity contribution in [2.24, 2.45) is 5.73 Å². The molecule has 2 aromatic heterocycles. The number of hydrogen-bond donors (Lipinski definition) is 5. The number of likely N-dealkylation sites (N-methyl/N-ethyl adjacent to an activating group) is 1. The lowest BCUT2D eigenvalue weighted by Gasteiger charge is -2.15. The van der Waals surface area contributed by atoms with Crippen LogP contribution in [0.4, 0.5) is 22.1 Å². The Hall–Kier alpha value is -5.26. The number of carbonyl (C=O) groups is 2. The molecule has 0 unspecified atom stereocenters. The van der Waals surface area contributed by atoms with E-state index in [1.54, 1.807) is 24.0 Å². The molecule has 5 rings (SSSR count). The van der Waals surface area contributed by atoms with E-state index < -0.39 is 0 Å². The van der Waals surface area contributed by atoms with Gasteiger partial charge in [-0.25, -0.2) is 14.5 Å². The number of nitrogens with one attached hydrogen (secondary N) is 4. The Labute approximate surface area is 269 Å². The zero-order valence-electron chi connectivity index (χ0n) is 27.1. The molecule has 0 atom stereocenters. The predicted molar refractivity (Wildman–Crippen MR) is 185 cm³/mol. The summed E-state index contributed by atoms with van der Waals surface area (Å²) >= 11 is 0. The van der Waals surface area contributed by atoms with Gasteiger partial charge >= 0.3 is 6.03 Å². The minimum Gasteiger partial charge on any atom is -0.488 e. The van der Waals surface area contributed by atoms with E-state index in [1.165, 1.54) is 7.05 Å². The molecule has 5 aromatic rings. The van der Waals surface area contributed by atoms with Gasteiger partial charge in [0.05, 0.1) is 23.6 Å². The molecule has 0 bridgehead atoms. The van der Waals surface area contributed by atoms with Crippen molar-refractivity contribution in [2.75, 3.05) is 36.6 Å². The maximum atomic E-state index is 13.3.